The molecule has 23 heavy (non-hydrogen) atoms. The van der Waals surface area contributed by atoms with E-state index in [1.54, 1.807) is 6.07 Å². The number of carbonyl (C=O) groups excluding carboxylic acids is 1. The van der Waals surface area contributed by atoms with Crippen LogP contribution in [-0.2, 0) is 16.1 Å². The molecule has 2 heterocycles. The molecule has 1 amide bonds. The van der Waals surface area contributed by atoms with Gasteiger partial charge in [-0.25, -0.2) is 8.78 Å². The summed E-state index contributed by atoms with van der Waals surface area (Å²) < 4.78 is 31.6. The Labute approximate surface area is 135 Å². The molecule has 126 valence electrons. The zero-order valence-corrected chi connectivity index (χ0v) is 13.1. The Kier molecular flexibility index (Phi) is 5.23. The van der Waals surface area contributed by atoms with Crippen LogP contribution in [0.3, 0.4) is 0 Å². The second kappa shape index (κ2) is 7.36. The van der Waals surface area contributed by atoms with Crippen LogP contribution in [0.2, 0.25) is 0 Å². The van der Waals surface area contributed by atoms with Crippen molar-refractivity contribution in [3.63, 3.8) is 0 Å². The first kappa shape index (κ1) is 16.3. The maximum Gasteiger partial charge on any atom is 0.227 e. The molecule has 1 unspecified atom stereocenters. The van der Waals surface area contributed by atoms with Gasteiger partial charge in [0.1, 0.15) is 0 Å². The van der Waals surface area contributed by atoms with E-state index in [0.29, 0.717) is 39.4 Å². The molecule has 1 atom stereocenters. The topological polar surface area (TPSA) is 32.8 Å². The number of nitrogens with zero attached hydrogens (tertiary/aromatic N) is 2. The van der Waals surface area contributed by atoms with Crippen molar-refractivity contribution in [3.8, 4) is 0 Å². The van der Waals surface area contributed by atoms with Crippen molar-refractivity contribution >= 4 is 5.91 Å². The molecular formula is C17H22F2N2O2. The predicted octanol–water partition coefficient (Wildman–Crippen LogP) is 2.04. The van der Waals surface area contributed by atoms with Gasteiger partial charge in [0.05, 0.1) is 19.1 Å². The number of piperidine rings is 1. The molecule has 0 saturated carbocycles. The van der Waals surface area contributed by atoms with Gasteiger partial charge >= 0.3 is 0 Å². The van der Waals surface area contributed by atoms with Crippen molar-refractivity contribution in [2.45, 2.75) is 19.4 Å². The highest BCUT2D eigenvalue weighted by atomic mass is 19.2. The number of amides is 1. The third kappa shape index (κ3) is 4.06. The first-order chi connectivity index (χ1) is 11.1. The largest absolute Gasteiger partial charge is 0.378 e. The monoisotopic (exact) mass is 324 g/mol. The molecule has 0 aliphatic carbocycles. The number of morpholine rings is 1. The molecule has 4 nitrogen and oxygen atoms in total. The highest BCUT2D eigenvalue weighted by Crippen LogP contribution is 2.21. The third-order valence-electron chi connectivity index (χ3n) is 4.57. The van der Waals surface area contributed by atoms with Gasteiger partial charge in [-0.05, 0) is 37.1 Å². The van der Waals surface area contributed by atoms with Crippen LogP contribution in [-0.4, -0.2) is 55.1 Å². The smallest absolute Gasteiger partial charge is 0.227 e. The molecular weight excluding hydrogens is 302 g/mol. The molecule has 0 radical (unpaired) electrons. The maximum atomic E-state index is 13.3. The van der Waals surface area contributed by atoms with Gasteiger partial charge in [0.2, 0.25) is 5.91 Å². The van der Waals surface area contributed by atoms with Crippen LogP contribution in [0.4, 0.5) is 8.78 Å². The number of hydrogen-bond acceptors (Lipinski definition) is 3. The molecule has 1 aromatic rings. The first-order valence-corrected chi connectivity index (χ1v) is 8.16. The molecule has 2 aliphatic heterocycles. The van der Waals surface area contributed by atoms with Gasteiger partial charge in [0, 0.05) is 26.2 Å². The second-order valence-corrected chi connectivity index (χ2v) is 6.26. The van der Waals surface area contributed by atoms with Crippen LogP contribution in [0.15, 0.2) is 18.2 Å². The summed E-state index contributed by atoms with van der Waals surface area (Å²) in [6.07, 6.45) is 1.84. The van der Waals surface area contributed by atoms with Crippen molar-refractivity contribution in [2.24, 2.45) is 5.92 Å². The summed E-state index contributed by atoms with van der Waals surface area (Å²) in [5.74, 6) is -1.45. The number of carbonyl (C=O) groups is 1. The fourth-order valence-electron chi connectivity index (χ4n) is 3.34. The maximum absolute atomic E-state index is 13.3. The highest BCUT2D eigenvalue weighted by Gasteiger charge is 2.30. The van der Waals surface area contributed by atoms with Crippen LogP contribution in [0.5, 0.6) is 0 Å². The first-order valence-electron chi connectivity index (χ1n) is 8.16. The van der Waals surface area contributed by atoms with Crippen LogP contribution >= 0.6 is 0 Å². The van der Waals surface area contributed by atoms with Crippen LogP contribution in [0, 0.1) is 17.6 Å². The lowest BCUT2D eigenvalue weighted by Crippen LogP contribution is -2.48. The summed E-state index contributed by atoms with van der Waals surface area (Å²) in [5, 5.41) is 0. The Balaban J connectivity index is 1.59. The van der Waals surface area contributed by atoms with E-state index in [4.69, 9.17) is 4.74 Å². The van der Waals surface area contributed by atoms with Gasteiger partial charge in [-0.1, -0.05) is 6.07 Å². The normalized spacial score (nSPS) is 23.0. The van der Waals surface area contributed by atoms with E-state index in [1.807, 2.05) is 4.90 Å². The fourth-order valence-corrected chi connectivity index (χ4v) is 3.34. The molecule has 0 aromatic heterocycles. The molecule has 6 heteroatoms. The van der Waals surface area contributed by atoms with Gasteiger partial charge in [-0.2, -0.15) is 0 Å². The zero-order valence-electron chi connectivity index (χ0n) is 13.1. The van der Waals surface area contributed by atoms with E-state index in [1.165, 1.54) is 6.07 Å². The number of likely N-dealkylation sites (tertiary alicyclic amines) is 1. The fraction of sp³-hybridized carbons (Fsp3) is 0.588. The van der Waals surface area contributed by atoms with Gasteiger partial charge in [-0.3, -0.25) is 9.69 Å². The molecule has 0 N–H and O–H groups in total. The summed E-state index contributed by atoms with van der Waals surface area (Å²) in [5.41, 5.74) is 0.739. The number of benzene rings is 1. The lowest BCUT2D eigenvalue weighted by atomic mass is 9.96. The predicted molar refractivity (Wildman–Crippen MR) is 81.8 cm³/mol. The van der Waals surface area contributed by atoms with E-state index in [-0.39, 0.29) is 11.8 Å². The molecule has 3 rings (SSSR count). The number of hydrogen-bond donors (Lipinski definition) is 0. The minimum Gasteiger partial charge on any atom is -0.378 e. The molecule has 2 fully saturated rings. The summed E-state index contributed by atoms with van der Waals surface area (Å²) in [7, 11) is 0. The van der Waals surface area contributed by atoms with Crippen molar-refractivity contribution < 1.29 is 18.3 Å². The summed E-state index contributed by atoms with van der Waals surface area (Å²) in [6.45, 7) is 4.65. The number of ether oxygens (including phenoxy) is 1. The van der Waals surface area contributed by atoms with E-state index >= 15 is 0 Å². The highest BCUT2D eigenvalue weighted by molar-refractivity contribution is 5.79. The van der Waals surface area contributed by atoms with E-state index in [2.05, 4.69) is 4.90 Å². The molecule has 0 bridgehead atoms. The Morgan fingerprint density at radius 1 is 1.17 bits per heavy atom. The standard InChI is InChI=1S/C17H22F2N2O2/c18-15-4-3-13(10-16(15)19)11-20-5-1-2-14(12-20)17(22)21-6-8-23-9-7-21/h3-4,10,14H,1-2,5-9,11-12H2. The third-order valence-corrected chi connectivity index (χ3v) is 4.57. The van der Waals surface area contributed by atoms with Crippen molar-refractivity contribution in [1.82, 2.24) is 9.80 Å². The van der Waals surface area contributed by atoms with Gasteiger partial charge in [0.15, 0.2) is 11.6 Å². The number of halogens is 2. The van der Waals surface area contributed by atoms with Gasteiger partial charge in [-0.15, -0.1) is 0 Å². The SMILES string of the molecule is O=C(C1CCCN(Cc2ccc(F)c(F)c2)C1)N1CCOCC1. The molecule has 2 aliphatic rings. The van der Waals surface area contributed by atoms with Crippen LogP contribution < -0.4 is 0 Å². The summed E-state index contributed by atoms with van der Waals surface area (Å²) >= 11 is 0. The van der Waals surface area contributed by atoms with E-state index < -0.39 is 11.6 Å². The average molecular weight is 324 g/mol. The quantitative estimate of drug-likeness (QED) is 0.853. The second-order valence-electron chi connectivity index (χ2n) is 6.26. The molecule has 1 aromatic carbocycles. The summed E-state index contributed by atoms with van der Waals surface area (Å²) in [6, 6.07) is 4.00. The Morgan fingerprint density at radius 3 is 2.70 bits per heavy atom. The van der Waals surface area contributed by atoms with Crippen molar-refractivity contribution in [3.05, 3.63) is 35.4 Å². The Bertz CT molecular complexity index is 562. The average Bonchev–Trinajstić information content (AvgIpc) is 2.58. The van der Waals surface area contributed by atoms with E-state index in [0.717, 1.165) is 31.0 Å². The van der Waals surface area contributed by atoms with Crippen molar-refractivity contribution in [1.29, 1.82) is 0 Å². The summed E-state index contributed by atoms with van der Waals surface area (Å²) in [4.78, 5) is 16.6. The van der Waals surface area contributed by atoms with Crippen LogP contribution in [0.25, 0.3) is 0 Å². The molecule has 0 spiro atoms. The Hall–Kier alpha value is -1.53. The lowest BCUT2D eigenvalue weighted by molar-refractivity contribution is -0.141. The van der Waals surface area contributed by atoms with Gasteiger partial charge in [0.25, 0.3) is 0 Å². The van der Waals surface area contributed by atoms with Gasteiger partial charge < -0.3 is 9.64 Å². The van der Waals surface area contributed by atoms with Crippen LogP contribution in [0.1, 0.15) is 18.4 Å². The Morgan fingerprint density at radius 2 is 1.96 bits per heavy atom. The minimum absolute atomic E-state index is 0.00727. The molecule has 2 saturated heterocycles. The minimum atomic E-state index is -0.826. The number of rotatable bonds is 3. The lowest BCUT2D eigenvalue weighted by Gasteiger charge is -2.36. The zero-order chi connectivity index (χ0) is 16.2. The van der Waals surface area contributed by atoms with Crippen molar-refractivity contribution in [2.75, 3.05) is 39.4 Å². The van der Waals surface area contributed by atoms with E-state index in [9.17, 15) is 13.6 Å².